The summed E-state index contributed by atoms with van der Waals surface area (Å²) in [5, 5.41) is 2.40. The molecule has 2 heterocycles. The lowest BCUT2D eigenvalue weighted by atomic mass is 9.91. The highest BCUT2D eigenvalue weighted by Gasteiger charge is 2.34. The van der Waals surface area contributed by atoms with E-state index in [0.29, 0.717) is 10.5 Å². The highest BCUT2D eigenvalue weighted by molar-refractivity contribution is 9.10. The molecule has 1 amide bonds. The third-order valence-corrected chi connectivity index (χ3v) is 4.60. The summed E-state index contributed by atoms with van der Waals surface area (Å²) in [6, 6.07) is 3.41. The van der Waals surface area contributed by atoms with Crippen molar-refractivity contribution < 1.29 is 31.8 Å². The average Bonchev–Trinajstić information content (AvgIpc) is 2.70. The molecule has 0 bridgehead atoms. The topological polar surface area (TPSA) is 98.8 Å². The number of anilines is 1. The summed E-state index contributed by atoms with van der Waals surface area (Å²) < 4.78 is 59.1. The van der Waals surface area contributed by atoms with Crippen LogP contribution in [0.2, 0.25) is 0 Å². The largest absolute Gasteiger partial charge is 0.494 e. The van der Waals surface area contributed by atoms with Crippen molar-refractivity contribution in [2.24, 2.45) is 10.7 Å². The maximum atomic E-state index is 14.5. The zero-order chi connectivity index (χ0) is 23.2. The van der Waals surface area contributed by atoms with Gasteiger partial charge in [0.25, 0.3) is 5.91 Å². The van der Waals surface area contributed by atoms with E-state index in [1.807, 2.05) is 0 Å². The van der Waals surface area contributed by atoms with Crippen LogP contribution in [0.3, 0.4) is 0 Å². The van der Waals surface area contributed by atoms with Gasteiger partial charge in [-0.25, -0.2) is 22.5 Å². The Hall–Kier alpha value is -2.73. The van der Waals surface area contributed by atoms with E-state index in [0.717, 1.165) is 0 Å². The number of carbonyl (C=O) groups is 1. The van der Waals surface area contributed by atoms with Crippen molar-refractivity contribution in [3.8, 4) is 5.75 Å². The predicted octanol–water partition coefficient (Wildman–Crippen LogP) is 3.87. The molecule has 1 aliphatic rings. The second-order valence-electron chi connectivity index (χ2n) is 6.44. The van der Waals surface area contributed by atoms with Crippen LogP contribution in [0.15, 0.2) is 33.9 Å². The monoisotopic (exact) mass is 506 g/mol. The average molecular weight is 507 g/mol. The molecule has 12 heteroatoms. The fourth-order valence-corrected chi connectivity index (χ4v) is 3.17. The van der Waals surface area contributed by atoms with E-state index < -0.39 is 30.0 Å². The number of benzene rings is 1. The number of amidine groups is 1. The van der Waals surface area contributed by atoms with Crippen LogP contribution in [0.5, 0.6) is 5.75 Å². The number of ether oxygens (including phenoxy) is 2. The van der Waals surface area contributed by atoms with Gasteiger partial charge in [0.05, 0.1) is 19.4 Å². The van der Waals surface area contributed by atoms with Crippen LogP contribution in [-0.2, 0) is 10.3 Å². The van der Waals surface area contributed by atoms with E-state index in [1.54, 1.807) is 13.0 Å². The lowest BCUT2D eigenvalue weighted by molar-refractivity contribution is 0.101. The third-order valence-electron chi connectivity index (χ3n) is 4.16. The zero-order valence-electron chi connectivity index (χ0n) is 16.5. The van der Waals surface area contributed by atoms with Crippen LogP contribution in [0.4, 0.5) is 23.2 Å². The van der Waals surface area contributed by atoms with E-state index in [4.69, 9.17) is 15.2 Å². The van der Waals surface area contributed by atoms with Gasteiger partial charge in [-0.2, -0.15) is 0 Å². The maximum absolute atomic E-state index is 14.5. The first kappa shape index (κ1) is 24.5. The van der Waals surface area contributed by atoms with Crippen molar-refractivity contribution in [3.63, 3.8) is 0 Å². The molecule has 1 unspecified atom stereocenters. The number of alkyl halides is 2. The molecule has 0 saturated heterocycles. The number of hydrogen-bond donors (Lipinski definition) is 2. The number of aliphatic imine (C=N–C) groups is 1. The SMILES string of the molecule is COc1cc(Br)cnc1C(=O)Nc1cc(C2(C)COCC(N)=N2)c(F)cc1F.FCF. The summed E-state index contributed by atoms with van der Waals surface area (Å²) in [6.07, 6.45) is 1.40. The summed E-state index contributed by atoms with van der Waals surface area (Å²) >= 11 is 3.23. The smallest absolute Gasteiger partial charge is 0.278 e. The molecule has 0 radical (unpaired) electrons. The van der Waals surface area contributed by atoms with Gasteiger partial charge < -0.3 is 20.5 Å². The number of hydrogen-bond acceptors (Lipinski definition) is 6. The molecule has 3 N–H and O–H groups in total. The molecule has 2 aromatic rings. The Morgan fingerprint density at radius 3 is 2.61 bits per heavy atom. The van der Waals surface area contributed by atoms with Gasteiger partial charge in [-0.3, -0.25) is 9.79 Å². The summed E-state index contributed by atoms with van der Waals surface area (Å²) in [5.41, 5.74) is 4.32. The first-order valence-corrected chi connectivity index (χ1v) is 9.48. The molecular formula is C19H19BrF4N4O3. The van der Waals surface area contributed by atoms with Crippen LogP contribution in [0.25, 0.3) is 0 Å². The van der Waals surface area contributed by atoms with Crippen molar-refractivity contribution in [1.82, 2.24) is 4.98 Å². The molecule has 0 aliphatic carbocycles. The van der Waals surface area contributed by atoms with Gasteiger partial charge in [-0.1, -0.05) is 0 Å². The van der Waals surface area contributed by atoms with Crippen molar-refractivity contribution in [1.29, 1.82) is 0 Å². The highest BCUT2D eigenvalue weighted by Crippen LogP contribution is 2.33. The van der Waals surface area contributed by atoms with Gasteiger partial charge >= 0.3 is 0 Å². The lowest BCUT2D eigenvalue weighted by Gasteiger charge is -2.30. The molecule has 0 saturated carbocycles. The number of rotatable bonds is 4. The van der Waals surface area contributed by atoms with Crippen LogP contribution in [-0.4, -0.2) is 44.0 Å². The van der Waals surface area contributed by atoms with Gasteiger partial charge in [0.1, 0.15) is 29.6 Å². The van der Waals surface area contributed by atoms with Crippen molar-refractivity contribution in [2.45, 2.75) is 12.5 Å². The van der Waals surface area contributed by atoms with Crippen LogP contribution < -0.4 is 15.8 Å². The van der Waals surface area contributed by atoms with Gasteiger partial charge in [-0.15, -0.1) is 0 Å². The van der Waals surface area contributed by atoms with Crippen LogP contribution >= 0.6 is 15.9 Å². The summed E-state index contributed by atoms with van der Waals surface area (Å²) in [6.45, 7) is 0.0585. The van der Waals surface area contributed by atoms with Gasteiger partial charge in [-0.05, 0) is 35.0 Å². The maximum Gasteiger partial charge on any atom is 0.278 e. The minimum absolute atomic E-state index is 0.0441. The molecule has 31 heavy (non-hydrogen) atoms. The number of halogens is 5. The molecule has 7 nitrogen and oxygen atoms in total. The Morgan fingerprint density at radius 1 is 1.32 bits per heavy atom. The standard InChI is InChI=1S/C18H17BrF2N4O3.CH2F2/c1-18(8-28-7-15(22)25-18)10-4-13(12(21)5-11(10)20)24-17(26)16-14(27-2)3-9(19)6-23-16;2-1-3/h3-6H,7-8H2,1-2H3,(H2,22,25)(H,24,26);1H2. The Balaban J connectivity index is 0.00000107. The normalized spacial score (nSPS) is 17.8. The second kappa shape index (κ2) is 10.5. The Labute approximate surface area is 183 Å². The summed E-state index contributed by atoms with van der Waals surface area (Å²) in [5.74, 6) is -2.08. The van der Waals surface area contributed by atoms with E-state index in [9.17, 15) is 22.4 Å². The molecule has 1 atom stereocenters. The number of carbonyl (C=O) groups excluding carboxylic acids is 1. The molecule has 1 aliphatic heterocycles. The van der Waals surface area contributed by atoms with Gasteiger partial charge in [0.2, 0.25) is 6.93 Å². The minimum atomic E-state index is -1.75. The number of aromatic nitrogens is 1. The van der Waals surface area contributed by atoms with E-state index in [2.05, 4.69) is 31.2 Å². The Kier molecular flexibility index (Phi) is 8.34. The van der Waals surface area contributed by atoms with Crippen molar-refractivity contribution >= 4 is 33.4 Å². The first-order valence-electron chi connectivity index (χ1n) is 8.69. The van der Waals surface area contributed by atoms with Crippen LogP contribution in [0, 0.1) is 11.6 Å². The fourth-order valence-electron chi connectivity index (χ4n) is 2.86. The van der Waals surface area contributed by atoms with Crippen molar-refractivity contribution in [2.75, 3.05) is 32.6 Å². The number of methoxy groups -OCH3 is 1. The van der Waals surface area contributed by atoms with Gasteiger partial charge in [0.15, 0.2) is 11.4 Å². The first-order chi connectivity index (χ1) is 14.6. The number of nitrogens with two attached hydrogens (primary N) is 1. The third kappa shape index (κ3) is 5.91. The van der Waals surface area contributed by atoms with E-state index in [-0.39, 0.29) is 41.7 Å². The summed E-state index contributed by atoms with van der Waals surface area (Å²) in [7, 11) is 1.38. The van der Waals surface area contributed by atoms with E-state index in [1.165, 1.54) is 19.4 Å². The number of nitrogens with zero attached hydrogens (tertiary/aromatic N) is 2. The van der Waals surface area contributed by atoms with Crippen molar-refractivity contribution in [3.05, 3.63) is 51.8 Å². The van der Waals surface area contributed by atoms with E-state index >= 15 is 0 Å². The number of nitrogens with one attached hydrogen (secondary N) is 1. The fraction of sp³-hybridized carbons (Fsp3) is 0.316. The molecule has 0 spiro atoms. The Morgan fingerprint density at radius 2 is 2.00 bits per heavy atom. The quantitative estimate of drug-likeness (QED) is 0.613. The molecule has 1 aromatic heterocycles. The molecule has 3 rings (SSSR count). The Bertz CT molecular complexity index is 993. The second-order valence-corrected chi connectivity index (χ2v) is 7.36. The number of pyridine rings is 1. The molecule has 1 aromatic carbocycles. The van der Waals surface area contributed by atoms with Gasteiger partial charge in [0, 0.05) is 22.3 Å². The molecule has 0 fully saturated rings. The zero-order valence-corrected chi connectivity index (χ0v) is 18.1. The molecule has 168 valence electrons. The highest BCUT2D eigenvalue weighted by atomic mass is 79.9. The minimum Gasteiger partial charge on any atom is -0.494 e. The predicted molar refractivity (Wildman–Crippen MR) is 110 cm³/mol. The molecular weight excluding hydrogens is 488 g/mol. The summed E-state index contributed by atoms with van der Waals surface area (Å²) in [4.78, 5) is 20.8. The number of amides is 1. The van der Waals surface area contributed by atoms with Crippen LogP contribution in [0.1, 0.15) is 23.0 Å². The lowest BCUT2D eigenvalue weighted by Crippen LogP contribution is -2.38.